The second kappa shape index (κ2) is 9.16. The van der Waals surface area contributed by atoms with Crippen LogP contribution in [-0.4, -0.2) is 54.8 Å². The molecule has 2 N–H and O–H groups in total. The summed E-state index contributed by atoms with van der Waals surface area (Å²) in [6, 6.07) is 13.5. The van der Waals surface area contributed by atoms with Crippen LogP contribution < -0.4 is 10.1 Å². The summed E-state index contributed by atoms with van der Waals surface area (Å²) in [5.74, 6) is -0.0377. The summed E-state index contributed by atoms with van der Waals surface area (Å²) in [4.78, 5) is 12.6. The summed E-state index contributed by atoms with van der Waals surface area (Å²) in [6.07, 6.45) is 0.422. The van der Waals surface area contributed by atoms with Gasteiger partial charge in [-0.15, -0.1) is 0 Å². The Bertz CT molecular complexity index is 1040. The number of fused-ring (bicyclic) bond motifs is 1. The van der Waals surface area contributed by atoms with Gasteiger partial charge in [-0.25, -0.2) is 8.42 Å². The van der Waals surface area contributed by atoms with E-state index in [9.17, 15) is 18.3 Å². The Morgan fingerprint density at radius 3 is 2.55 bits per heavy atom. The van der Waals surface area contributed by atoms with Gasteiger partial charge in [0.05, 0.1) is 18.8 Å². The number of halogens is 1. The number of nitrogens with one attached hydrogen (secondary N) is 1. The van der Waals surface area contributed by atoms with E-state index in [1.807, 2.05) is 30.3 Å². The Balaban J connectivity index is 1.83. The van der Waals surface area contributed by atoms with Crippen LogP contribution in [0.3, 0.4) is 0 Å². The first-order valence-electron chi connectivity index (χ1n) is 9.93. The minimum Gasteiger partial charge on any atom is -0.485 e. The van der Waals surface area contributed by atoms with E-state index in [4.69, 9.17) is 16.3 Å². The van der Waals surface area contributed by atoms with Crippen LogP contribution in [0.25, 0.3) is 0 Å². The van der Waals surface area contributed by atoms with Gasteiger partial charge in [-0.1, -0.05) is 41.9 Å². The monoisotopic (exact) mass is 466 g/mol. The Kier molecular flexibility index (Phi) is 6.95. The number of aliphatic hydroxyl groups excluding tert-OH is 1. The van der Waals surface area contributed by atoms with Gasteiger partial charge in [0.15, 0.2) is 0 Å². The summed E-state index contributed by atoms with van der Waals surface area (Å²) in [5.41, 5.74) is 0.410. The molecular weight excluding hydrogens is 440 g/mol. The Labute approximate surface area is 188 Å². The number of rotatable bonds is 7. The van der Waals surface area contributed by atoms with Crippen LogP contribution in [-0.2, 0) is 21.2 Å². The molecule has 31 heavy (non-hydrogen) atoms. The molecule has 0 saturated heterocycles. The second-order valence-corrected chi connectivity index (χ2v) is 10.5. The molecule has 7 nitrogen and oxygen atoms in total. The van der Waals surface area contributed by atoms with Crippen molar-refractivity contribution in [3.8, 4) is 5.75 Å². The van der Waals surface area contributed by atoms with Crippen molar-refractivity contribution >= 4 is 27.5 Å². The maximum Gasteiger partial charge on any atom is 0.235 e. The molecule has 0 radical (unpaired) electrons. The van der Waals surface area contributed by atoms with Gasteiger partial charge in [-0.2, -0.15) is 4.31 Å². The predicted molar refractivity (Wildman–Crippen MR) is 120 cm³/mol. The molecular formula is C22H27ClN2O5S. The molecule has 168 valence electrons. The third kappa shape index (κ3) is 5.57. The first kappa shape index (κ1) is 23.5. The van der Waals surface area contributed by atoms with Crippen LogP contribution >= 0.6 is 11.6 Å². The van der Waals surface area contributed by atoms with Crippen LogP contribution in [0.2, 0.25) is 5.02 Å². The molecule has 0 bridgehead atoms. The standard InChI is InChI=1S/C22H27ClN2O5S/c1-22(2)21(27)20(17-13-16(23)9-10-18(17)30-22)25(31(3,28)29)14-19(26)24-12-11-15-7-5-4-6-8-15/h4-10,13,20-21,27H,11-12,14H2,1-3H3,(H,24,26). The average molecular weight is 467 g/mol. The van der Waals surface area contributed by atoms with Crippen molar-refractivity contribution in [2.75, 3.05) is 19.3 Å². The Hall–Kier alpha value is -2.13. The molecule has 0 fully saturated rings. The van der Waals surface area contributed by atoms with E-state index in [1.54, 1.807) is 32.0 Å². The molecule has 9 heteroatoms. The predicted octanol–water partition coefficient (Wildman–Crippen LogP) is 2.53. The first-order chi connectivity index (χ1) is 14.5. The summed E-state index contributed by atoms with van der Waals surface area (Å²) < 4.78 is 32.2. The van der Waals surface area contributed by atoms with Crippen LogP contribution in [0, 0.1) is 0 Å². The third-order valence-corrected chi connectivity index (χ3v) is 6.73. The maximum absolute atomic E-state index is 12.7. The molecule has 3 rings (SSSR count). The smallest absolute Gasteiger partial charge is 0.235 e. The molecule has 0 spiro atoms. The van der Waals surface area contributed by atoms with Crippen LogP contribution in [0.1, 0.15) is 31.0 Å². The number of sulfonamides is 1. The lowest BCUT2D eigenvalue weighted by Crippen LogP contribution is -2.56. The van der Waals surface area contributed by atoms with Gasteiger partial charge >= 0.3 is 0 Å². The maximum atomic E-state index is 12.7. The Morgan fingerprint density at radius 1 is 1.23 bits per heavy atom. The van der Waals surface area contributed by atoms with E-state index in [1.165, 1.54) is 0 Å². The highest BCUT2D eigenvalue weighted by molar-refractivity contribution is 7.88. The van der Waals surface area contributed by atoms with Crippen LogP contribution in [0.15, 0.2) is 48.5 Å². The molecule has 2 aromatic rings. The highest BCUT2D eigenvalue weighted by Crippen LogP contribution is 2.44. The zero-order valence-electron chi connectivity index (χ0n) is 17.7. The van der Waals surface area contributed by atoms with E-state index in [0.717, 1.165) is 16.1 Å². The first-order valence-corrected chi connectivity index (χ1v) is 12.2. The molecule has 1 aliphatic heterocycles. The number of carbonyl (C=O) groups excluding carboxylic acids is 1. The number of hydrogen-bond acceptors (Lipinski definition) is 5. The summed E-state index contributed by atoms with van der Waals surface area (Å²) in [5, 5.41) is 14.1. The number of aliphatic hydroxyl groups is 1. The molecule has 1 aliphatic rings. The lowest BCUT2D eigenvalue weighted by molar-refractivity contribution is -0.123. The average Bonchev–Trinajstić information content (AvgIpc) is 2.68. The summed E-state index contributed by atoms with van der Waals surface area (Å²) in [6.45, 7) is 3.27. The van der Waals surface area contributed by atoms with E-state index in [-0.39, 0.29) is 0 Å². The highest BCUT2D eigenvalue weighted by atomic mass is 35.5. The van der Waals surface area contributed by atoms with Gasteiger partial charge in [0.25, 0.3) is 0 Å². The lowest BCUT2D eigenvalue weighted by Gasteiger charge is -2.45. The highest BCUT2D eigenvalue weighted by Gasteiger charge is 2.48. The fourth-order valence-electron chi connectivity index (χ4n) is 3.66. The van der Waals surface area contributed by atoms with Crippen molar-refractivity contribution in [3.63, 3.8) is 0 Å². The number of nitrogens with zero attached hydrogens (tertiary/aromatic N) is 1. The Morgan fingerprint density at radius 2 is 1.90 bits per heavy atom. The van der Waals surface area contributed by atoms with Gasteiger partial charge in [0.1, 0.15) is 17.5 Å². The fraction of sp³-hybridized carbons (Fsp3) is 0.409. The molecule has 0 saturated carbocycles. The molecule has 1 heterocycles. The number of hydrogen-bond donors (Lipinski definition) is 2. The van der Waals surface area contributed by atoms with Gasteiger partial charge in [-0.05, 0) is 44.0 Å². The number of amides is 1. The van der Waals surface area contributed by atoms with Crippen molar-refractivity contribution < 1.29 is 23.1 Å². The van der Waals surface area contributed by atoms with Gasteiger partial charge in [0, 0.05) is 17.1 Å². The minimum atomic E-state index is -3.86. The fourth-order valence-corrected chi connectivity index (χ4v) is 4.83. The van der Waals surface area contributed by atoms with Gasteiger partial charge in [0.2, 0.25) is 15.9 Å². The largest absolute Gasteiger partial charge is 0.485 e. The normalized spacial score (nSPS) is 20.1. The molecule has 2 atom stereocenters. The molecule has 0 aromatic heterocycles. The van der Waals surface area contributed by atoms with Crippen molar-refractivity contribution in [1.82, 2.24) is 9.62 Å². The number of carbonyl (C=O) groups is 1. The topological polar surface area (TPSA) is 95.9 Å². The van der Waals surface area contributed by atoms with E-state index in [0.29, 0.717) is 29.3 Å². The third-order valence-electron chi connectivity index (χ3n) is 5.29. The molecule has 2 unspecified atom stereocenters. The van der Waals surface area contributed by atoms with Gasteiger partial charge < -0.3 is 15.2 Å². The van der Waals surface area contributed by atoms with E-state index in [2.05, 4.69) is 5.32 Å². The van der Waals surface area contributed by atoms with Crippen molar-refractivity contribution in [2.45, 2.75) is 38.0 Å². The molecule has 1 amide bonds. The van der Waals surface area contributed by atoms with Crippen molar-refractivity contribution in [3.05, 3.63) is 64.7 Å². The lowest BCUT2D eigenvalue weighted by atomic mass is 9.86. The SMILES string of the molecule is CC1(C)Oc2ccc(Cl)cc2C(N(CC(=O)NCCc2ccccc2)S(C)(=O)=O)C1O. The van der Waals surface area contributed by atoms with Crippen LogP contribution in [0.5, 0.6) is 5.75 Å². The van der Waals surface area contributed by atoms with E-state index >= 15 is 0 Å². The second-order valence-electron chi connectivity index (χ2n) is 8.17. The number of benzene rings is 2. The number of ether oxygens (including phenoxy) is 1. The zero-order chi connectivity index (χ0) is 22.8. The van der Waals surface area contributed by atoms with Crippen molar-refractivity contribution in [1.29, 1.82) is 0 Å². The van der Waals surface area contributed by atoms with Crippen LogP contribution in [0.4, 0.5) is 0 Å². The van der Waals surface area contributed by atoms with Gasteiger partial charge in [-0.3, -0.25) is 4.79 Å². The summed E-state index contributed by atoms with van der Waals surface area (Å²) >= 11 is 6.13. The molecule has 2 aromatic carbocycles. The zero-order valence-corrected chi connectivity index (χ0v) is 19.3. The summed E-state index contributed by atoms with van der Waals surface area (Å²) in [7, 11) is -3.86. The molecule has 0 aliphatic carbocycles. The van der Waals surface area contributed by atoms with Crippen molar-refractivity contribution in [2.24, 2.45) is 0 Å². The minimum absolute atomic E-state index is 0.366. The quantitative estimate of drug-likeness (QED) is 0.653. The van der Waals surface area contributed by atoms with E-state index < -0.39 is 40.2 Å².